The number of carbonyl (C=O) groups excluding carboxylic acids is 1. The lowest BCUT2D eigenvalue weighted by Crippen LogP contribution is -2.36. The molecule has 1 saturated heterocycles. The Morgan fingerprint density at radius 1 is 1.29 bits per heavy atom. The van der Waals surface area contributed by atoms with Crippen LogP contribution < -0.4 is 5.32 Å². The summed E-state index contributed by atoms with van der Waals surface area (Å²) in [5.74, 6) is -0.528. The number of ether oxygens (including phenoxy) is 1. The van der Waals surface area contributed by atoms with Gasteiger partial charge < -0.3 is 14.5 Å². The molecule has 0 spiro atoms. The average molecular weight is 289 g/mol. The number of rotatable bonds is 4. The van der Waals surface area contributed by atoms with Gasteiger partial charge in [-0.25, -0.2) is 4.39 Å². The molecule has 1 fully saturated rings. The summed E-state index contributed by atoms with van der Waals surface area (Å²) in [5, 5.41) is 2.95. The minimum absolute atomic E-state index is 0.0914. The van der Waals surface area contributed by atoms with Gasteiger partial charge in [-0.1, -0.05) is 12.1 Å². The first kappa shape index (κ1) is 13.8. The Balaban J connectivity index is 1.82. The van der Waals surface area contributed by atoms with Gasteiger partial charge in [-0.3, -0.25) is 4.79 Å². The summed E-state index contributed by atoms with van der Waals surface area (Å²) in [6, 6.07) is 7.44. The van der Waals surface area contributed by atoms with Crippen molar-refractivity contribution in [3.63, 3.8) is 0 Å². The van der Waals surface area contributed by atoms with Gasteiger partial charge in [-0.15, -0.1) is 0 Å². The second-order valence-electron chi connectivity index (χ2n) is 5.07. The van der Waals surface area contributed by atoms with Gasteiger partial charge in [0.15, 0.2) is 0 Å². The summed E-state index contributed by atoms with van der Waals surface area (Å²) in [4.78, 5) is 12.2. The van der Waals surface area contributed by atoms with Crippen molar-refractivity contribution < 1.29 is 18.3 Å². The maximum absolute atomic E-state index is 13.1. The highest BCUT2D eigenvalue weighted by Gasteiger charge is 2.29. The van der Waals surface area contributed by atoms with Crippen LogP contribution in [-0.2, 0) is 4.74 Å². The third-order valence-electron chi connectivity index (χ3n) is 3.64. The lowest BCUT2D eigenvalue weighted by atomic mass is 9.99. The zero-order valence-electron chi connectivity index (χ0n) is 11.4. The highest BCUT2D eigenvalue weighted by Crippen LogP contribution is 2.27. The normalized spacial score (nSPS) is 19.4. The van der Waals surface area contributed by atoms with Crippen LogP contribution in [0.1, 0.15) is 34.8 Å². The Morgan fingerprint density at radius 2 is 2.10 bits per heavy atom. The summed E-state index contributed by atoms with van der Waals surface area (Å²) in [6.45, 7) is 0.684. The van der Waals surface area contributed by atoms with Crippen molar-refractivity contribution >= 4 is 5.91 Å². The third-order valence-corrected chi connectivity index (χ3v) is 3.64. The fourth-order valence-corrected chi connectivity index (χ4v) is 2.54. The van der Waals surface area contributed by atoms with Crippen LogP contribution in [0.3, 0.4) is 0 Å². The van der Waals surface area contributed by atoms with Crippen molar-refractivity contribution in [3.05, 3.63) is 59.8 Å². The first-order valence-corrected chi connectivity index (χ1v) is 6.94. The Morgan fingerprint density at radius 3 is 2.71 bits per heavy atom. The molecule has 2 heterocycles. The molecular weight excluding hydrogens is 273 g/mol. The lowest BCUT2D eigenvalue weighted by molar-refractivity contribution is 0.0672. The third kappa shape index (κ3) is 3.13. The van der Waals surface area contributed by atoms with Gasteiger partial charge in [0.05, 0.1) is 24.0 Å². The van der Waals surface area contributed by atoms with E-state index in [9.17, 15) is 9.18 Å². The molecule has 1 aromatic carbocycles. The molecule has 0 saturated carbocycles. The summed E-state index contributed by atoms with van der Waals surface area (Å²) < 4.78 is 23.7. The summed E-state index contributed by atoms with van der Waals surface area (Å²) in [7, 11) is 0. The minimum atomic E-state index is -0.300. The van der Waals surface area contributed by atoms with Gasteiger partial charge in [0.1, 0.15) is 12.1 Å². The van der Waals surface area contributed by atoms with E-state index in [1.807, 2.05) is 0 Å². The van der Waals surface area contributed by atoms with Crippen molar-refractivity contribution in [2.75, 3.05) is 6.61 Å². The first-order chi connectivity index (χ1) is 10.2. The van der Waals surface area contributed by atoms with Crippen LogP contribution in [0.2, 0.25) is 0 Å². The number of benzene rings is 1. The maximum Gasteiger partial charge on any atom is 0.255 e. The number of amides is 1. The molecule has 21 heavy (non-hydrogen) atoms. The van der Waals surface area contributed by atoms with Crippen LogP contribution in [0.5, 0.6) is 0 Å². The molecule has 1 N–H and O–H groups in total. The van der Waals surface area contributed by atoms with Crippen LogP contribution in [0, 0.1) is 5.82 Å². The van der Waals surface area contributed by atoms with Gasteiger partial charge in [0.25, 0.3) is 5.91 Å². The van der Waals surface area contributed by atoms with Crippen LogP contribution in [0.25, 0.3) is 0 Å². The molecule has 2 atom stereocenters. The molecule has 110 valence electrons. The van der Waals surface area contributed by atoms with Gasteiger partial charge in [0, 0.05) is 6.61 Å². The van der Waals surface area contributed by atoms with E-state index in [0.29, 0.717) is 12.2 Å². The van der Waals surface area contributed by atoms with Gasteiger partial charge in [-0.05, 0) is 36.6 Å². The second kappa shape index (κ2) is 6.10. The summed E-state index contributed by atoms with van der Waals surface area (Å²) in [5.41, 5.74) is 1.29. The van der Waals surface area contributed by atoms with Crippen molar-refractivity contribution in [1.29, 1.82) is 0 Å². The molecule has 1 amide bonds. The predicted octanol–water partition coefficient (Wildman–Crippen LogP) is 3.07. The molecule has 0 unspecified atom stereocenters. The summed E-state index contributed by atoms with van der Waals surface area (Å²) >= 11 is 0. The van der Waals surface area contributed by atoms with Gasteiger partial charge in [-0.2, -0.15) is 0 Å². The largest absolute Gasteiger partial charge is 0.472 e. The fourth-order valence-electron chi connectivity index (χ4n) is 2.54. The zero-order valence-corrected chi connectivity index (χ0v) is 11.4. The monoisotopic (exact) mass is 289 g/mol. The molecule has 0 bridgehead atoms. The molecule has 1 aliphatic rings. The smallest absolute Gasteiger partial charge is 0.255 e. The Bertz CT molecular complexity index is 588. The fraction of sp³-hybridized carbons (Fsp3) is 0.312. The Hall–Kier alpha value is -2.14. The maximum atomic E-state index is 13.1. The van der Waals surface area contributed by atoms with Crippen LogP contribution in [0.4, 0.5) is 4.39 Å². The number of hydrogen-bond acceptors (Lipinski definition) is 3. The van der Waals surface area contributed by atoms with Crippen LogP contribution in [0.15, 0.2) is 47.3 Å². The second-order valence-corrected chi connectivity index (χ2v) is 5.07. The quantitative estimate of drug-likeness (QED) is 0.941. The molecule has 0 radical (unpaired) electrons. The molecule has 1 aromatic heterocycles. The van der Waals surface area contributed by atoms with Crippen molar-refractivity contribution in [3.8, 4) is 0 Å². The van der Waals surface area contributed by atoms with E-state index in [0.717, 1.165) is 18.4 Å². The molecule has 4 nitrogen and oxygen atoms in total. The number of carbonyl (C=O) groups is 1. The van der Waals surface area contributed by atoms with E-state index in [1.54, 1.807) is 18.2 Å². The van der Waals surface area contributed by atoms with E-state index in [2.05, 4.69) is 5.32 Å². The van der Waals surface area contributed by atoms with E-state index < -0.39 is 0 Å². The highest BCUT2D eigenvalue weighted by molar-refractivity contribution is 5.94. The van der Waals surface area contributed by atoms with Crippen molar-refractivity contribution in [2.24, 2.45) is 0 Å². The van der Waals surface area contributed by atoms with Crippen LogP contribution in [-0.4, -0.2) is 18.6 Å². The molecule has 1 aliphatic heterocycles. The SMILES string of the molecule is O=C(N[C@H](c1ccc(F)cc1)[C@H]1CCCO1)c1ccoc1. The Labute approximate surface area is 121 Å². The highest BCUT2D eigenvalue weighted by atomic mass is 19.1. The number of halogens is 1. The van der Waals surface area contributed by atoms with E-state index in [4.69, 9.17) is 9.15 Å². The van der Waals surface area contributed by atoms with Crippen molar-refractivity contribution in [2.45, 2.75) is 25.0 Å². The van der Waals surface area contributed by atoms with Gasteiger partial charge >= 0.3 is 0 Å². The molecule has 5 heteroatoms. The lowest BCUT2D eigenvalue weighted by Gasteiger charge is -2.24. The molecular formula is C16H16FNO3. The number of furan rings is 1. The zero-order chi connectivity index (χ0) is 14.7. The topological polar surface area (TPSA) is 51.5 Å². The van der Waals surface area contributed by atoms with Crippen molar-refractivity contribution in [1.82, 2.24) is 5.32 Å². The van der Waals surface area contributed by atoms with Crippen LogP contribution >= 0.6 is 0 Å². The number of nitrogens with one attached hydrogen (secondary N) is 1. The molecule has 3 rings (SSSR count). The molecule has 0 aliphatic carbocycles. The van der Waals surface area contributed by atoms with Gasteiger partial charge in [0.2, 0.25) is 0 Å². The minimum Gasteiger partial charge on any atom is -0.472 e. The Kier molecular flexibility index (Phi) is 4.01. The predicted molar refractivity (Wildman–Crippen MR) is 74.3 cm³/mol. The van der Waals surface area contributed by atoms with E-state index >= 15 is 0 Å². The van der Waals surface area contributed by atoms with E-state index in [1.165, 1.54) is 24.7 Å². The first-order valence-electron chi connectivity index (χ1n) is 6.94. The van der Waals surface area contributed by atoms with E-state index in [-0.39, 0.29) is 23.9 Å². The molecule has 2 aromatic rings. The number of hydrogen-bond donors (Lipinski definition) is 1. The summed E-state index contributed by atoms with van der Waals surface area (Å²) in [6.07, 6.45) is 4.59. The average Bonchev–Trinajstić information content (AvgIpc) is 3.19. The standard InChI is InChI=1S/C16H16FNO3/c17-13-5-3-11(4-6-13)15(14-2-1-8-21-14)18-16(19)12-7-9-20-10-12/h3-7,9-10,14-15H,1-2,8H2,(H,18,19)/t14-,15-/m1/s1.